The number of unbranched alkanes of at least 4 members (excludes halogenated alkanes) is 1. The molecule has 0 aromatic heterocycles. The summed E-state index contributed by atoms with van der Waals surface area (Å²) in [6, 6.07) is 11.1. The standard InChI is InChI=1S/C22H23ClN2O3S/c1-4-5-10-25-21(27)19(13-15-11-17(23)20(26)18(12-15)28-3)29-22(25)24-16-8-6-14(2)7-9-16/h6-9,11-13,26H,4-5,10H2,1-3H3/b19-13+,24-22?. The molecule has 1 amide bonds. The van der Waals surface area contributed by atoms with Crippen LogP contribution in [0.4, 0.5) is 5.69 Å². The fourth-order valence-corrected chi connectivity index (χ4v) is 4.06. The molecule has 5 nitrogen and oxygen atoms in total. The van der Waals surface area contributed by atoms with Crippen LogP contribution in [0.2, 0.25) is 5.02 Å². The summed E-state index contributed by atoms with van der Waals surface area (Å²) in [4.78, 5) is 20.0. The van der Waals surface area contributed by atoms with Crippen LogP contribution in [0.25, 0.3) is 6.08 Å². The number of aromatic hydroxyl groups is 1. The molecule has 1 heterocycles. The first-order chi connectivity index (χ1) is 13.9. The summed E-state index contributed by atoms with van der Waals surface area (Å²) in [5, 5.41) is 10.8. The molecule has 0 unspecified atom stereocenters. The van der Waals surface area contributed by atoms with Gasteiger partial charge in [0.1, 0.15) is 0 Å². The van der Waals surface area contributed by atoms with E-state index in [2.05, 4.69) is 6.92 Å². The van der Waals surface area contributed by atoms with E-state index in [1.54, 1.807) is 23.1 Å². The van der Waals surface area contributed by atoms with E-state index in [4.69, 9.17) is 21.3 Å². The zero-order valence-corrected chi connectivity index (χ0v) is 18.2. The predicted octanol–water partition coefficient (Wildman–Crippen LogP) is 5.77. The van der Waals surface area contributed by atoms with E-state index in [1.165, 1.54) is 18.9 Å². The number of carbonyl (C=O) groups excluding carboxylic acids is 1. The monoisotopic (exact) mass is 430 g/mol. The van der Waals surface area contributed by atoms with Crippen LogP contribution in [-0.4, -0.2) is 34.7 Å². The van der Waals surface area contributed by atoms with Crippen molar-refractivity contribution < 1.29 is 14.6 Å². The number of benzene rings is 2. The number of hydrogen-bond acceptors (Lipinski definition) is 5. The third-order valence-electron chi connectivity index (χ3n) is 4.45. The van der Waals surface area contributed by atoms with Gasteiger partial charge in [-0.25, -0.2) is 4.99 Å². The molecule has 1 aliphatic heterocycles. The van der Waals surface area contributed by atoms with Gasteiger partial charge in [0.2, 0.25) is 0 Å². The van der Waals surface area contributed by atoms with Gasteiger partial charge >= 0.3 is 0 Å². The SMILES string of the molecule is CCCCN1C(=O)/C(=C\c2cc(Cl)c(O)c(OC)c2)SC1=Nc1ccc(C)cc1. The Bertz CT molecular complexity index is 971. The minimum atomic E-state index is -0.118. The van der Waals surface area contributed by atoms with Crippen molar-refractivity contribution in [2.45, 2.75) is 26.7 Å². The molecule has 1 saturated heterocycles. The van der Waals surface area contributed by atoms with Gasteiger partial charge in [-0.1, -0.05) is 42.6 Å². The van der Waals surface area contributed by atoms with Gasteiger partial charge in [0.05, 0.1) is 22.7 Å². The number of amidine groups is 1. The molecule has 0 aliphatic carbocycles. The molecule has 7 heteroatoms. The van der Waals surface area contributed by atoms with E-state index in [9.17, 15) is 9.90 Å². The first kappa shape index (κ1) is 21.3. The maximum absolute atomic E-state index is 13.0. The summed E-state index contributed by atoms with van der Waals surface area (Å²) in [5.41, 5.74) is 2.64. The molecule has 1 fully saturated rings. The van der Waals surface area contributed by atoms with E-state index in [1.807, 2.05) is 31.2 Å². The number of phenols is 1. The first-order valence-electron chi connectivity index (χ1n) is 9.36. The summed E-state index contributed by atoms with van der Waals surface area (Å²) in [5.74, 6) is 0.0570. The van der Waals surface area contributed by atoms with Crippen LogP contribution in [0.5, 0.6) is 11.5 Å². The molecule has 1 aliphatic rings. The van der Waals surface area contributed by atoms with Crippen LogP contribution in [0.15, 0.2) is 46.3 Å². The highest BCUT2D eigenvalue weighted by Crippen LogP contribution is 2.38. The van der Waals surface area contributed by atoms with E-state index in [0.717, 1.165) is 24.1 Å². The van der Waals surface area contributed by atoms with Gasteiger partial charge in [0.15, 0.2) is 16.7 Å². The molecule has 29 heavy (non-hydrogen) atoms. The summed E-state index contributed by atoms with van der Waals surface area (Å²) in [6.07, 6.45) is 3.62. The first-order valence-corrected chi connectivity index (χ1v) is 10.6. The highest BCUT2D eigenvalue weighted by atomic mass is 35.5. The molecule has 0 spiro atoms. The van der Waals surface area contributed by atoms with E-state index in [0.29, 0.717) is 22.2 Å². The number of rotatable bonds is 6. The summed E-state index contributed by atoms with van der Waals surface area (Å²) in [6.45, 7) is 4.73. The maximum atomic E-state index is 13.0. The summed E-state index contributed by atoms with van der Waals surface area (Å²) >= 11 is 7.42. The molecule has 0 atom stereocenters. The van der Waals surface area contributed by atoms with Gasteiger partial charge in [0.25, 0.3) is 5.91 Å². The van der Waals surface area contributed by atoms with Crippen LogP contribution >= 0.6 is 23.4 Å². The Morgan fingerprint density at radius 2 is 2.00 bits per heavy atom. The Morgan fingerprint density at radius 1 is 1.28 bits per heavy atom. The Morgan fingerprint density at radius 3 is 2.66 bits per heavy atom. The number of ether oxygens (including phenoxy) is 1. The van der Waals surface area contributed by atoms with Crippen molar-refractivity contribution in [3.8, 4) is 11.5 Å². The highest BCUT2D eigenvalue weighted by molar-refractivity contribution is 8.18. The van der Waals surface area contributed by atoms with Gasteiger partial charge in [-0.3, -0.25) is 9.69 Å². The number of amides is 1. The second kappa shape index (κ2) is 9.37. The van der Waals surface area contributed by atoms with Crippen LogP contribution in [0.1, 0.15) is 30.9 Å². The third kappa shape index (κ3) is 4.95. The largest absolute Gasteiger partial charge is 0.503 e. The Kier molecular flexibility index (Phi) is 6.87. The summed E-state index contributed by atoms with van der Waals surface area (Å²) < 4.78 is 5.15. The molecule has 0 saturated carbocycles. The van der Waals surface area contributed by atoms with Crippen molar-refractivity contribution in [2.75, 3.05) is 13.7 Å². The van der Waals surface area contributed by atoms with Gasteiger partial charge < -0.3 is 9.84 Å². The van der Waals surface area contributed by atoms with Crippen molar-refractivity contribution in [2.24, 2.45) is 4.99 Å². The number of aryl methyl sites for hydroxylation is 1. The van der Waals surface area contributed by atoms with Crippen LogP contribution in [-0.2, 0) is 4.79 Å². The van der Waals surface area contributed by atoms with Gasteiger partial charge in [-0.05, 0) is 61.0 Å². The molecule has 3 rings (SSSR count). The number of methoxy groups -OCH3 is 1. The van der Waals surface area contributed by atoms with E-state index in [-0.39, 0.29) is 22.4 Å². The quantitative estimate of drug-likeness (QED) is 0.591. The van der Waals surface area contributed by atoms with Crippen LogP contribution in [0, 0.1) is 6.92 Å². The number of nitrogens with zero attached hydrogens (tertiary/aromatic N) is 2. The Balaban J connectivity index is 1.96. The van der Waals surface area contributed by atoms with Gasteiger partial charge in [-0.2, -0.15) is 0 Å². The van der Waals surface area contributed by atoms with E-state index >= 15 is 0 Å². The summed E-state index contributed by atoms with van der Waals surface area (Å²) in [7, 11) is 1.45. The third-order valence-corrected chi connectivity index (χ3v) is 5.75. The fraction of sp³-hybridized carbons (Fsp3) is 0.273. The number of aliphatic imine (C=N–C) groups is 1. The zero-order valence-electron chi connectivity index (χ0n) is 16.6. The molecular weight excluding hydrogens is 408 g/mol. The molecule has 0 radical (unpaired) electrons. The van der Waals surface area contributed by atoms with Crippen molar-refractivity contribution >= 4 is 46.2 Å². The Labute approximate surface area is 180 Å². The van der Waals surface area contributed by atoms with Gasteiger partial charge in [-0.15, -0.1) is 0 Å². The Hall–Kier alpha value is -2.44. The molecule has 152 valence electrons. The maximum Gasteiger partial charge on any atom is 0.266 e. The second-order valence-corrected chi connectivity index (χ2v) is 8.12. The minimum absolute atomic E-state index is 0.0857. The predicted molar refractivity (Wildman–Crippen MR) is 120 cm³/mol. The lowest BCUT2D eigenvalue weighted by Crippen LogP contribution is -2.30. The lowest BCUT2D eigenvalue weighted by molar-refractivity contribution is -0.122. The minimum Gasteiger partial charge on any atom is -0.503 e. The van der Waals surface area contributed by atoms with E-state index < -0.39 is 0 Å². The topological polar surface area (TPSA) is 62.1 Å². The van der Waals surface area contributed by atoms with Crippen molar-refractivity contribution in [3.05, 3.63) is 57.5 Å². The molecule has 2 aromatic carbocycles. The lowest BCUT2D eigenvalue weighted by Gasteiger charge is -2.14. The van der Waals surface area contributed by atoms with Crippen molar-refractivity contribution in [3.63, 3.8) is 0 Å². The zero-order chi connectivity index (χ0) is 21.0. The fourth-order valence-electron chi connectivity index (χ4n) is 2.82. The second-order valence-electron chi connectivity index (χ2n) is 6.70. The molecule has 1 N–H and O–H groups in total. The van der Waals surface area contributed by atoms with Crippen molar-refractivity contribution in [1.29, 1.82) is 0 Å². The normalized spacial score (nSPS) is 16.8. The number of carbonyl (C=O) groups is 1. The number of phenolic OH excluding ortho intramolecular Hbond substituents is 1. The molecule has 0 bridgehead atoms. The van der Waals surface area contributed by atoms with Crippen LogP contribution < -0.4 is 4.74 Å². The number of halogens is 1. The highest BCUT2D eigenvalue weighted by Gasteiger charge is 2.33. The van der Waals surface area contributed by atoms with Crippen molar-refractivity contribution in [1.82, 2.24) is 4.90 Å². The average Bonchev–Trinajstić information content (AvgIpc) is 2.99. The number of thioether (sulfide) groups is 1. The number of hydrogen-bond donors (Lipinski definition) is 1. The lowest BCUT2D eigenvalue weighted by atomic mass is 10.2. The average molecular weight is 431 g/mol. The van der Waals surface area contributed by atoms with Gasteiger partial charge in [0, 0.05) is 6.54 Å². The smallest absolute Gasteiger partial charge is 0.266 e. The molecule has 2 aromatic rings. The molecular formula is C22H23ClN2O3S. The van der Waals surface area contributed by atoms with Crippen LogP contribution in [0.3, 0.4) is 0 Å².